The van der Waals surface area contributed by atoms with Crippen molar-refractivity contribution in [2.24, 2.45) is 50.2 Å². The Hall–Kier alpha value is -0.380. The second-order valence-corrected chi connectivity index (χ2v) is 15.2. The van der Waals surface area contributed by atoms with E-state index >= 15 is 0 Å². The Balaban J connectivity index is 1.61. The third-order valence-electron chi connectivity index (χ3n) is 13.2. The van der Waals surface area contributed by atoms with Crippen molar-refractivity contribution < 1.29 is 15.3 Å². The molecule has 0 aromatic heterocycles. The molecule has 33 heavy (non-hydrogen) atoms. The second kappa shape index (κ2) is 7.10. The number of fused-ring (bicyclic) bond motifs is 7. The summed E-state index contributed by atoms with van der Waals surface area (Å²) < 4.78 is 0. The number of aliphatic hydroxyl groups excluding tert-OH is 3. The van der Waals surface area contributed by atoms with Gasteiger partial charge in [-0.15, -0.1) is 0 Å². The van der Waals surface area contributed by atoms with Crippen molar-refractivity contribution >= 4 is 0 Å². The second-order valence-electron chi connectivity index (χ2n) is 15.2. The summed E-state index contributed by atoms with van der Waals surface area (Å²) in [4.78, 5) is 0. The molecule has 0 aromatic rings. The minimum absolute atomic E-state index is 0.000849. The number of allylic oxidation sites excluding steroid dienone is 1. The van der Waals surface area contributed by atoms with E-state index in [0.29, 0.717) is 17.3 Å². The smallest absolute Gasteiger partial charge is 0.0762 e. The maximum atomic E-state index is 11.9. The first-order valence-electron chi connectivity index (χ1n) is 13.9. The Morgan fingerprint density at radius 1 is 0.848 bits per heavy atom. The molecule has 188 valence electrons. The van der Waals surface area contributed by atoms with Crippen LogP contribution in [0.15, 0.2) is 11.6 Å². The molecule has 4 saturated carbocycles. The number of hydrogen-bond acceptors (Lipinski definition) is 3. The fraction of sp³-hybridized carbons (Fsp3) is 0.933. The molecular weight excluding hydrogens is 408 g/mol. The molecule has 0 heterocycles. The van der Waals surface area contributed by atoms with Crippen LogP contribution in [0.1, 0.15) is 106 Å². The minimum Gasteiger partial charge on any atom is -0.396 e. The Bertz CT molecular complexity index is 847. The van der Waals surface area contributed by atoms with Gasteiger partial charge in [-0.2, -0.15) is 0 Å². The van der Waals surface area contributed by atoms with Crippen molar-refractivity contribution in [1.82, 2.24) is 0 Å². The molecule has 0 amide bonds. The molecule has 0 saturated heterocycles. The van der Waals surface area contributed by atoms with Gasteiger partial charge in [0.25, 0.3) is 0 Å². The highest BCUT2D eigenvalue weighted by atomic mass is 16.3. The zero-order chi connectivity index (χ0) is 24.2. The molecule has 0 bridgehead atoms. The van der Waals surface area contributed by atoms with Crippen LogP contribution in [0.5, 0.6) is 0 Å². The highest BCUT2D eigenvalue weighted by molar-refractivity contribution is 5.35. The summed E-state index contributed by atoms with van der Waals surface area (Å²) in [6.45, 7) is 17.1. The van der Waals surface area contributed by atoms with Gasteiger partial charge < -0.3 is 15.3 Å². The van der Waals surface area contributed by atoms with Crippen molar-refractivity contribution in [3.8, 4) is 0 Å². The predicted octanol–water partition coefficient (Wildman–Crippen LogP) is 6.11. The van der Waals surface area contributed by atoms with Gasteiger partial charge in [0.05, 0.1) is 12.2 Å². The molecule has 5 aliphatic rings. The largest absolute Gasteiger partial charge is 0.396 e. The first-order valence-corrected chi connectivity index (χ1v) is 13.9. The van der Waals surface area contributed by atoms with E-state index in [9.17, 15) is 15.3 Å². The van der Waals surface area contributed by atoms with Gasteiger partial charge in [-0.05, 0) is 102 Å². The van der Waals surface area contributed by atoms with Gasteiger partial charge in [0, 0.05) is 12.5 Å². The highest BCUT2D eigenvalue weighted by Gasteiger charge is 2.69. The van der Waals surface area contributed by atoms with Crippen LogP contribution in [0, 0.1) is 50.2 Å². The third-order valence-corrected chi connectivity index (χ3v) is 13.2. The van der Waals surface area contributed by atoms with Gasteiger partial charge in [0.15, 0.2) is 0 Å². The summed E-state index contributed by atoms with van der Waals surface area (Å²) in [5.74, 6) is 1.15. The van der Waals surface area contributed by atoms with Crippen LogP contribution in [0.25, 0.3) is 0 Å². The molecule has 0 radical (unpaired) electrons. The lowest BCUT2D eigenvalue weighted by Crippen LogP contribution is -2.67. The lowest BCUT2D eigenvalue weighted by molar-refractivity contribution is -0.224. The van der Waals surface area contributed by atoms with Crippen LogP contribution >= 0.6 is 0 Å². The van der Waals surface area contributed by atoms with Crippen LogP contribution in [-0.4, -0.2) is 34.1 Å². The first-order chi connectivity index (χ1) is 15.2. The lowest BCUT2D eigenvalue weighted by Gasteiger charge is -2.72. The monoisotopic (exact) mass is 458 g/mol. The standard InChI is InChI=1S/C30H50O3/c1-25(2)22-8-11-30(7)24(28(22,5)10-9-23(25)33)21(32)16-19-20-17-26(3,18-31)12-13-27(20,4)14-15-29(19,30)6/h16,20-24,31-33H,8-15,17-18H2,1-7H3/t20?,21?,22?,23?,24?,26-,27+,28-,29-,30+/m0/s1. The Morgan fingerprint density at radius 2 is 1.52 bits per heavy atom. The zero-order valence-electron chi connectivity index (χ0n) is 22.4. The maximum Gasteiger partial charge on any atom is 0.0762 e. The molecule has 10 atom stereocenters. The number of rotatable bonds is 1. The van der Waals surface area contributed by atoms with Gasteiger partial charge >= 0.3 is 0 Å². The molecule has 0 aromatic carbocycles. The topological polar surface area (TPSA) is 60.7 Å². The highest BCUT2D eigenvalue weighted by Crippen LogP contribution is 2.75. The zero-order valence-corrected chi connectivity index (χ0v) is 22.4. The molecule has 3 N–H and O–H groups in total. The summed E-state index contributed by atoms with van der Waals surface area (Å²) in [7, 11) is 0. The third kappa shape index (κ3) is 2.97. The average molecular weight is 459 g/mol. The Labute approximate surface area is 202 Å². The van der Waals surface area contributed by atoms with Crippen LogP contribution < -0.4 is 0 Å². The van der Waals surface area contributed by atoms with E-state index in [1.807, 2.05) is 0 Å². The van der Waals surface area contributed by atoms with E-state index < -0.39 is 6.10 Å². The van der Waals surface area contributed by atoms with E-state index in [-0.39, 0.29) is 45.7 Å². The van der Waals surface area contributed by atoms with Gasteiger partial charge in [-0.1, -0.05) is 60.1 Å². The van der Waals surface area contributed by atoms with Crippen molar-refractivity contribution in [1.29, 1.82) is 0 Å². The molecule has 3 nitrogen and oxygen atoms in total. The molecule has 0 spiro atoms. The molecular formula is C30H50O3. The Morgan fingerprint density at radius 3 is 2.18 bits per heavy atom. The molecule has 3 heteroatoms. The molecule has 4 fully saturated rings. The maximum absolute atomic E-state index is 11.9. The molecule has 5 rings (SSSR count). The summed E-state index contributed by atoms with van der Waals surface area (Å²) >= 11 is 0. The van der Waals surface area contributed by atoms with Crippen molar-refractivity contribution in [3.63, 3.8) is 0 Å². The van der Waals surface area contributed by atoms with Crippen molar-refractivity contribution in [2.75, 3.05) is 6.61 Å². The van der Waals surface area contributed by atoms with E-state index in [0.717, 1.165) is 38.5 Å². The molecule has 0 aliphatic heterocycles. The van der Waals surface area contributed by atoms with E-state index in [4.69, 9.17) is 0 Å². The van der Waals surface area contributed by atoms with Gasteiger partial charge in [-0.3, -0.25) is 0 Å². The summed E-state index contributed by atoms with van der Waals surface area (Å²) in [6, 6.07) is 0. The van der Waals surface area contributed by atoms with Crippen LogP contribution in [0.3, 0.4) is 0 Å². The number of aliphatic hydroxyl groups is 3. The van der Waals surface area contributed by atoms with Gasteiger partial charge in [0.2, 0.25) is 0 Å². The van der Waals surface area contributed by atoms with E-state index in [1.165, 1.54) is 24.8 Å². The van der Waals surface area contributed by atoms with E-state index in [1.54, 1.807) is 0 Å². The molecule has 5 unspecified atom stereocenters. The normalized spacial score (nSPS) is 57.8. The Kier molecular flexibility index (Phi) is 5.23. The quantitative estimate of drug-likeness (QED) is 0.415. The fourth-order valence-electron chi connectivity index (χ4n) is 10.7. The fourth-order valence-corrected chi connectivity index (χ4v) is 10.7. The molecule has 5 aliphatic carbocycles. The predicted molar refractivity (Wildman–Crippen MR) is 134 cm³/mol. The average Bonchev–Trinajstić information content (AvgIpc) is 2.74. The number of hydrogen-bond donors (Lipinski definition) is 3. The first kappa shape index (κ1) is 24.3. The van der Waals surface area contributed by atoms with Crippen molar-refractivity contribution in [2.45, 2.75) is 118 Å². The van der Waals surface area contributed by atoms with Crippen LogP contribution in [-0.2, 0) is 0 Å². The van der Waals surface area contributed by atoms with Gasteiger partial charge in [0.1, 0.15) is 0 Å². The minimum atomic E-state index is -0.415. The van der Waals surface area contributed by atoms with Crippen LogP contribution in [0.4, 0.5) is 0 Å². The van der Waals surface area contributed by atoms with Gasteiger partial charge in [-0.25, -0.2) is 0 Å². The lowest BCUT2D eigenvalue weighted by atomic mass is 9.33. The van der Waals surface area contributed by atoms with E-state index in [2.05, 4.69) is 54.5 Å². The van der Waals surface area contributed by atoms with Crippen molar-refractivity contribution in [3.05, 3.63) is 11.6 Å². The summed E-state index contributed by atoms with van der Waals surface area (Å²) in [6.07, 6.45) is 11.6. The summed E-state index contributed by atoms with van der Waals surface area (Å²) in [5, 5.41) is 33.0. The summed E-state index contributed by atoms with van der Waals surface area (Å²) in [5.41, 5.74) is 1.93. The SMILES string of the molecule is CC1(C)C(O)CC[C@@]2(C)C1CC[C@]1(C)C2C(O)C=C2C3C[C@@](C)(CO)CC[C@]3(C)CC[C@@]21C. The van der Waals surface area contributed by atoms with Crippen LogP contribution in [0.2, 0.25) is 0 Å².